The fourth-order valence-electron chi connectivity index (χ4n) is 1.89. The Balaban J connectivity index is 2.57. The van der Waals surface area contributed by atoms with Crippen molar-refractivity contribution < 1.29 is 13.2 Å². The van der Waals surface area contributed by atoms with E-state index < -0.39 is 10.0 Å². The highest BCUT2D eigenvalue weighted by Gasteiger charge is 2.26. The lowest BCUT2D eigenvalue weighted by Gasteiger charge is -2.18. The van der Waals surface area contributed by atoms with Gasteiger partial charge in [-0.1, -0.05) is 48.6 Å². The summed E-state index contributed by atoms with van der Waals surface area (Å²) in [5.41, 5.74) is 1.70. The van der Waals surface area contributed by atoms with Crippen LogP contribution in [0.3, 0.4) is 0 Å². The molecule has 2 aromatic rings. The Morgan fingerprint density at radius 2 is 1.71 bits per heavy atom. The molecule has 0 spiro atoms. The molecule has 1 amide bonds. The Morgan fingerprint density at radius 3 is 2.29 bits per heavy atom. The zero-order valence-electron chi connectivity index (χ0n) is 11.5. The van der Waals surface area contributed by atoms with E-state index in [1.165, 1.54) is 30.7 Å². The predicted octanol–water partition coefficient (Wildman–Crippen LogP) is 2.90. The summed E-state index contributed by atoms with van der Waals surface area (Å²) in [5.74, 6) is 0. The van der Waals surface area contributed by atoms with E-state index in [2.05, 4.69) is 6.58 Å². The number of hydrogen-bond donors (Lipinski definition) is 0. The normalized spacial score (nSPS) is 10.9. The SMILES string of the molecule is C=Cc1ccccc1N([C]=O)S(=O)(=O)c1ccc(C)cc1. The fraction of sp³-hybridized carbons (Fsp3) is 0.0625. The average Bonchev–Trinajstić information content (AvgIpc) is 2.48. The molecular weight excluding hydrogens is 286 g/mol. The van der Waals surface area contributed by atoms with Crippen molar-refractivity contribution >= 4 is 28.2 Å². The zero-order chi connectivity index (χ0) is 15.5. The van der Waals surface area contributed by atoms with Crippen molar-refractivity contribution in [3.05, 3.63) is 66.2 Å². The number of para-hydroxylation sites is 1. The maximum atomic E-state index is 12.6. The molecule has 0 aliphatic carbocycles. The van der Waals surface area contributed by atoms with Gasteiger partial charge in [0.1, 0.15) is 0 Å². The van der Waals surface area contributed by atoms with E-state index in [1.54, 1.807) is 30.3 Å². The number of rotatable bonds is 5. The van der Waals surface area contributed by atoms with Crippen LogP contribution in [0, 0.1) is 6.92 Å². The molecule has 0 aliphatic rings. The Morgan fingerprint density at radius 1 is 1.10 bits per heavy atom. The number of amides is 1. The van der Waals surface area contributed by atoms with Gasteiger partial charge in [0, 0.05) is 0 Å². The number of carbonyl (C=O) groups excluding carboxylic acids is 1. The van der Waals surface area contributed by atoms with Crippen molar-refractivity contribution in [2.75, 3.05) is 4.31 Å². The van der Waals surface area contributed by atoms with E-state index >= 15 is 0 Å². The standard InChI is InChI=1S/C16H14NO3S/c1-3-14-6-4-5-7-16(14)17(12-18)21(19,20)15-10-8-13(2)9-11-15/h3-11H,1H2,2H3. The maximum absolute atomic E-state index is 12.6. The molecule has 0 bridgehead atoms. The van der Waals surface area contributed by atoms with Gasteiger partial charge in [0.25, 0.3) is 10.0 Å². The summed E-state index contributed by atoms with van der Waals surface area (Å²) in [5, 5.41) is 0. The van der Waals surface area contributed by atoms with E-state index in [1.807, 2.05) is 6.92 Å². The van der Waals surface area contributed by atoms with Crippen molar-refractivity contribution in [1.29, 1.82) is 0 Å². The van der Waals surface area contributed by atoms with E-state index in [-0.39, 0.29) is 10.6 Å². The zero-order valence-corrected chi connectivity index (χ0v) is 12.3. The maximum Gasteiger partial charge on any atom is 0.331 e. The molecule has 5 heteroatoms. The van der Waals surface area contributed by atoms with Crippen LogP contribution in [0.2, 0.25) is 0 Å². The van der Waals surface area contributed by atoms with Gasteiger partial charge in [0.2, 0.25) is 0 Å². The first kappa shape index (κ1) is 15.0. The van der Waals surface area contributed by atoms with Crippen LogP contribution < -0.4 is 4.31 Å². The molecule has 0 fully saturated rings. The van der Waals surface area contributed by atoms with Gasteiger partial charge in [-0.3, -0.25) is 4.79 Å². The third-order valence-electron chi connectivity index (χ3n) is 3.02. The molecule has 4 nitrogen and oxygen atoms in total. The highest BCUT2D eigenvalue weighted by molar-refractivity contribution is 7.93. The molecule has 0 heterocycles. The third-order valence-corrected chi connectivity index (χ3v) is 4.64. The van der Waals surface area contributed by atoms with Crippen molar-refractivity contribution in [3.63, 3.8) is 0 Å². The smallest absolute Gasteiger partial charge is 0.262 e. The second kappa shape index (κ2) is 5.93. The lowest BCUT2D eigenvalue weighted by atomic mass is 10.2. The molecule has 0 N–H and O–H groups in total. The van der Waals surface area contributed by atoms with Gasteiger partial charge < -0.3 is 0 Å². The molecule has 0 atom stereocenters. The summed E-state index contributed by atoms with van der Waals surface area (Å²) in [6.45, 7) is 5.48. The highest BCUT2D eigenvalue weighted by Crippen LogP contribution is 2.26. The van der Waals surface area contributed by atoms with Crippen LogP contribution in [0.1, 0.15) is 11.1 Å². The lowest BCUT2D eigenvalue weighted by molar-refractivity contribution is 0.553. The minimum absolute atomic E-state index is 0.0373. The fourth-order valence-corrected chi connectivity index (χ4v) is 3.10. The molecule has 0 saturated carbocycles. The summed E-state index contributed by atoms with van der Waals surface area (Å²) >= 11 is 0. The lowest BCUT2D eigenvalue weighted by Crippen LogP contribution is -2.30. The van der Waals surface area contributed by atoms with Crippen LogP contribution in [0.4, 0.5) is 5.69 Å². The van der Waals surface area contributed by atoms with Gasteiger partial charge in [0.15, 0.2) is 0 Å². The summed E-state index contributed by atoms with van der Waals surface area (Å²) in [6, 6.07) is 12.9. The second-order valence-electron chi connectivity index (χ2n) is 4.44. The third kappa shape index (κ3) is 2.87. The highest BCUT2D eigenvalue weighted by atomic mass is 32.2. The minimum Gasteiger partial charge on any atom is -0.262 e. The monoisotopic (exact) mass is 300 g/mol. The Hall–Kier alpha value is -2.40. The number of anilines is 1. The minimum atomic E-state index is -3.99. The van der Waals surface area contributed by atoms with Crippen molar-refractivity contribution in [2.24, 2.45) is 0 Å². The van der Waals surface area contributed by atoms with E-state index in [9.17, 15) is 13.2 Å². The van der Waals surface area contributed by atoms with Crippen molar-refractivity contribution in [1.82, 2.24) is 0 Å². The molecule has 0 saturated heterocycles. The Bertz CT molecular complexity index is 764. The van der Waals surface area contributed by atoms with Gasteiger partial charge in [-0.25, -0.2) is 8.42 Å². The van der Waals surface area contributed by atoms with Gasteiger partial charge in [-0.2, -0.15) is 4.31 Å². The quantitative estimate of drug-likeness (QED) is 0.798. The van der Waals surface area contributed by atoms with Crippen molar-refractivity contribution in [2.45, 2.75) is 11.8 Å². The summed E-state index contributed by atoms with van der Waals surface area (Å²) in [6.07, 6.45) is 2.98. The molecule has 21 heavy (non-hydrogen) atoms. The van der Waals surface area contributed by atoms with Gasteiger partial charge >= 0.3 is 6.41 Å². The summed E-state index contributed by atoms with van der Waals surface area (Å²) < 4.78 is 25.8. The first-order valence-electron chi connectivity index (χ1n) is 6.22. The number of sulfonamides is 1. The van der Waals surface area contributed by atoms with Crippen LogP contribution in [0.15, 0.2) is 60.0 Å². The Labute approximate surface area is 124 Å². The van der Waals surface area contributed by atoms with Crippen LogP contribution >= 0.6 is 0 Å². The summed E-state index contributed by atoms with van der Waals surface area (Å²) in [7, 11) is -3.99. The van der Waals surface area contributed by atoms with Crippen LogP contribution in [-0.2, 0) is 14.8 Å². The molecule has 107 valence electrons. The van der Waals surface area contributed by atoms with Crippen LogP contribution in [0.25, 0.3) is 6.08 Å². The van der Waals surface area contributed by atoms with E-state index in [4.69, 9.17) is 0 Å². The molecule has 0 unspecified atom stereocenters. The van der Waals surface area contributed by atoms with Crippen molar-refractivity contribution in [3.8, 4) is 0 Å². The number of hydrogen-bond acceptors (Lipinski definition) is 3. The van der Waals surface area contributed by atoms with Gasteiger partial charge in [-0.05, 0) is 30.7 Å². The molecule has 2 rings (SSSR count). The molecule has 1 radical (unpaired) electrons. The Kier molecular flexibility index (Phi) is 4.23. The second-order valence-corrected chi connectivity index (χ2v) is 6.22. The largest absolute Gasteiger partial charge is 0.331 e. The first-order chi connectivity index (χ1) is 10.0. The first-order valence-corrected chi connectivity index (χ1v) is 7.66. The predicted molar refractivity (Wildman–Crippen MR) is 83.1 cm³/mol. The van der Waals surface area contributed by atoms with Crippen LogP contribution in [0.5, 0.6) is 0 Å². The topological polar surface area (TPSA) is 54.5 Å². The number of nitrogens with zero attached hydrogens (tertiary/aromatic N) is 1. The number of aryl methyl sites for hydroxylation is 1. The summed E-state index contributed by atoms with van der Waals surface area (Å²) in [4.78, 5) is 11.3. The van der Waals surface area contributed by atoms with E-state index in [0.717, 1.165) is 5.56 Å². The molecular formula is C16H14NO3S. The molecule has 0 aliphatic heterocycles. The van der Waals surface area contributed by atoms with E-state index in [0.29, 0.717) is 9.87 Å². The molecule has 2 aromatic carbocycles. The number of benzene rings is 2. The average molecular weight is 300 g/mol. The molecule has 0 aromatic heterocycles. The van der Waals surface area contributed by atoms with Crippen LogP contribution in [-0.4, -0.2) is 14.8 Å². The van der Waals surface area contributed by atoms with Gasteiger partial charge in [-0.15, -0.1) is 0 Å². The van der Waals surface area contributed by atoms with Gasteiger partial charge in [0.05, 0.1) is 10.6 Å².